The monoisotopic (exact) mass is 311 g/mol. The van der Waals surface area contributed by atoms with Crippen LogP contribution in [0.3, 0.4) is 0 Å². The Morgan fingerprint density at radius 1 is 1.23 bits per heavy atom. The van der Waals surface area contributed by atoms with Gasteiger partial charge in [0, 0.05) is 30.5 Å². The van der Waals surface area contributed by atoms with Crippen molar-refractivity contribution in [1.29, 1.82) is 0 Å². The van der Waals surface area contributed by atoms with Crippen LogP contribution in [0.15, 0.2) is 0 Å². The fourth-order valence-corrected chi connectivity index (χ4v) is 3.35. The topological polar surface area (TPSA) is 84.2 Å². The molecule has 5 heteroatoms. The zero-order chi connectivity index (χ0) is 16.8. The lowest BCUT2D eigenvalue weighted by molar-refractivity contribution is -0.126. The van der Waals surface area contributed by atoms with E-state index in [2.05, 4.69) is 24.5 Å². The van der Waals surface area contributed by atoms with Gasteiger partial charge in [-0.2, -0.15) is 0 Å². The zero-order valence-electron chi connectivity index (χ0n) is 14.6. The summed E-state index contributed by atoms with van der Waals surface area (Å²) >= 11 is 0. The van der Waals surface area contributed by atoms with Crippen LogP contribution < -0.4 is 16.4 Å². The van der Waals surface area contributed by atoms with Gasteiger partial charge in [0.1, 0.15) is 0 Å². The van der Waals surface area contributed by atoms with E-state index in [4.69, 9.17) is 5.73 Å². The summed E-state index contributed by atoms with van der Waals surface area (Å²) in [7, 11) is 0. The Morgan fingerprint density at radius 2 is 1.82 bits per heavy atom. The van der Waals surface area contributed by atoms with Crippen LogP contribution in [-0.2, 0) is 9.59 Å². The van der Waals surface area contributed by atoms with Crippen LogP contribution in [0, 0.1) is 11.8 Å². The van der Waals surface area contributed by atoms with Gasteiger partial charge < -0.3 is 16.4 Å². The zero-order valence-corrected chi connectivity index (χ0v) is 14.6. The van der Waals surface area contributed by atoms with Gasteiger partial charge in [-0.05, 0) is 39.0 Å². The van der Waals surface area contributed by atoms with E-state index >= 15 is 0 Å². The van der Waals surface area contributed by atoms with Crippen molar-refractivity contribution in [3.05, 3.63) is 0 Å². The van der Waals surface area contributed by atoms with Gasteiger partial charge in [0.2, 0.25) is 11.8 Å². The molecule has 2 atom stereocenters. The quantitative estimate of drug-likeness (QED) is 0.640. The van der Waals surface area contributed by atoms with E-state index in [1.165, 1.54) is 0 Å². The molecule has 0 spiro atoms. The molecule has 4 N–H and O–H groups in total. The Bertz CT molecular complexity index is 378. The van der Waals surface area contributed by atoms with Crippen LogP contribution >= 0.6 is 0 Å². The predicted octanol–water partition coefficient (Wildman–Crippen LogP) is 1.95. The number of nitrogens with one attached hydrogen (secondary N) is 2. The molecule has 1 rings (SSSR count). The molecular weight excluding hydrogens is 278 g/mol. The van der Waals surface area contributed by atoms with Crippen molar-refractivity contribution in [3.63, 3.8) is 0 Å². The van der Waals surface area contributed by atoms with Crippen LogP contribution in [0.25, 0.3) is 0 Å². The maximum absolute atomic E-state index is 12.2. The van der Waals surface area contributed by atoms with Gasteiger partial charge >= 0.3 is 0 Å². The third-order valence-corrected chi connectivity index (χ3v) is 4.36. The summed E-state index contributed by atoms with van der Waals surface area (Å²) in [5.41, 5.74) is 5.44. The minimum Gasteiger partial charge on any atom is -0.353 e. The molecule has 0 saturated heterocycles. The first-order valence-electron chi connectivity index (χ1n) is 8.57. The average Bonchev–Trinajstić information content (AvgIpc) is 2.90. The summed E-state index contributed by atoms with van der Waals surface area (Å²) in [5.74, 6) is 0.656. The third-order valence-electron chi connectivity index (χ3n) is 4.36. The Morgan fingerprint density at radius 3 is 2.32 bits per heavy atom. The van der Waals surface area contributed by atoms with Gasteiger partial charge in [0.05, 0.1) is 0 Å². The molecule has 22 heavy (non-hydrogen) atoms. The number of carbonyl (C=O) groups excluding carboxylic acids is 2. The Balaban J connectivity index is 2.40. The molecule has 128 valence electrons. The van der Waals surface area contributed by atoms with Crippen LogP contribution in [0.1, 0.15) is 66.2 Å². The SMILES string of the molecule is CC(C)CC(C)(CN)NC(=O)CC(C)NC(=O)C1CCCC1. The predicted molar refractivity (Wildman–Crippen MR) is 89.2 cm³/mol. The molecule has 0 aromatic heterocycles. The molecule has 2 unspecified atom stereocenters. The Hall–Kier alpha value is -1.10. The highest BCUT2D eigenvalue weighted by molar-refractivity contribution is 5.81. The van der Waals surface area contributed by atoms with E-state index in [-0.39, 0.29) is 29.3 Å². The van der Waals surface area contributed by atoms with Crippen molar-refractivity contribution < 1.29 is 9.59 Å². The third kappa shape index (κ3) is 6.34. The average molecular weight is 311 g/mol. The number of carbonyl (C=O) groups is 2. The maximum atomic E-state index is 12.2. The lowest BCUT2D eigenvalue weighted by atomic mass is 9.90. The van der Waals surface area contributed by atoms with Gasteiger partial charge in [-0.1, -0.05) is 26.7 Å². The summed E-state index contributed by atoms with van der Waals surface area (Å²) < 4.78 is 0. The summed E-state index contributed by atoms with van der Waals surface area (Å²) in [6.07, 6.45) is 5.37. The molecule has 0 aromatic rings. The molecule has 5 nitrogen and oxygen atoms in total. The first-order valence-corrected chi connectivity index (χ1v) is 8.57. The number of hydrogen-bond acceptors (Lipinski definition) is 3. The fraction of sp³-hybridized carbons (Fsp3) is 0.882. The second-order valence-electron chi connectivity index (χ2n) is 7.51. The van der Waals surface area contributed by atoms with Gasteiger partial charge in [-0.3, -0.25) is 9.59 Å². The normalized spacial score (nSPS) is 19.7. The minimum absolute atomic E-state index is 0.0483. The summed E-state index contributed by atoms with van der Waals surface area (Å²) in [6, 6.07) is -0.144. The largest absolute Gasteiger partial charge is 0.353 e. The van der Waals surface area contributed by atoms with Crippen LogP contribution in [0.5, 0.6) is 0 Å². The molecule has 0 heterocycles. The van der Waals surface area contributed by atoms with Crippen molar-refractivity contribution in [2.45, 2.75) is 77.8 Å². The van der Waals surface area contributed by atoms with E-state index < -0.39 is 0 Å². The maximum Gasteiger partial charge on any atom is 0.223 e. The van der Waals surface area contributed by atoms with Crippen molar-refractivity contribution in [2.24, 2.45) is 17.6 Å². The van der Waals surface area contributed by atoms with E-state index in [1.807, 2.05) is 13.8 Å². The lowest BCUT2D eigenvalue weighted by Gasteiger charge is -2.31. The summed E-state index contributed by atoms with van der Waals surface area (Å²) in [5, 5.41) is 6.00. The molecule has 0 bridgehead atoms. The van der Waals surface area contributed by atoms with Crippen molar-refractivity contribution in [3.8, 4) is 0 Å². The standard InChI is InChI=1S/C17H33N3O2/c1-12(2)10-17(4,11-18)20-15(21)9-13(3)19-16(22)14-7-5-6-8-14/h12-14H,5-11,18H2,1-4H3,(H,19,22)(H,20,21). The fourth-order valence-electron chi connectivity index (χ4n) is 3.35. The Labute approximate surface area is 134 Å². The van der Waals surface area contributed by atoms with E-state index in [0.717, 1.165) is 32.1 Å². The van der Waals surface area contributed by atoms with Gasteiger partial charge in [-0.15, -0.1) is 0 Å². The van der Waals surface area contributed by atoms with E-state index in [1.54, 1.807) is 0 Å². The summed E-state index contributed by atoms with van der Waals surface area (Å²) in [4.78, 5) is 24.3. The van der Waals surface area contributed by atoms with Crippen molar-refractivity contribution in [1.82, 2.24) is 10.6 Å². The molecule has 2 amide bonds. The van der Waals surface area contributed by atoms with Crippen molar-refractivity contribution in [2.75, 3.05) is 6.54 Å². The van der Waals surface area contributed by atoms with Crippen LogP contribution in [-0.4, -0.2) is 29.9 Å². The molecule has 0 aliphatic heterocycles. The number of nitrogens with two attached hydrogens (primary N) is 1. The molecule has 0 radical (unpaired) electrons. The Kier molecular flexibility index (Phi) is 7.33. The number of amides is 2. The highest BCUT2D eigenvalue weighted by atomic mass is 16.2. The second kappa shape index (κ2) is 8.51. The molecule has 1 saturated carbocycles. The van der Waals surface area contributed by atoms with Gasteiger partial charge in [0.25, 0.3) is 0 Å². The molecule has 1 aliphatic carbocycles. The van der Waals surface area contributed by atoms with E-state index in [9.17, 15) is 9.59 Å². The van der Waals surface area contributed by atoms with E-state index in [0.29, 0.717) is 18.9 Å². The summed E-state index contributed by atoms with van der Waals surface area (Å²) in [6.45, 7) is 8.51. The highest BCUT2D eigenvalue weighted by Crippen LogP contribution is 2.24. The van der Waals surface area contributed by atoms with Gasteiger partial charge in [0.15, 0.2) is 0 Å². The van der Waals surface area contributed by atoms with Gasteiger partial charge in [-0.25, -0.2) is 0 Å². The van der Waals surface area contributed by atoms with Crippen LogP contribution in [0.4, 0.5) is 0 Å². The second-order valence-corrected chi connectivity index (χ2v) is 7.51. The molecule has 1 aliphatic rings. The van der Waals surface area contributed by atoms with Crippen LogP contribution in [0.2, 0.25) is 0 Å². The smallest absolute Gasteiger partial charge is 0.223 e. The number of hydrogen-bond donors (Lipinski definition) is 3. The molecular formula is C17H33N3O2. The molecule has 1 fully saturated rings. The first kappa shape index (κ1) is 18.9. The first-order chi connectivity index (χ1) is 10.3. The number of rotatable bonds is 8. The minimum atomic E-state index is -0.375. The lowest BCUT2D eigenvalue weighted by Crippen LogP contribution is -2.53. The highest BCUT2D eigenvalue weighted by Gasteiger charge is 2.27. The van der Waals surface area contributed by atoms with Crippen molar-refractivity contribution >= 4 is 11.8 Å². The molecule has 0 aromatic carbocycles.